The van der Waals surface area contributed by atoms with Crippen molar-refractivity contribution >= 4 is 29.3 Å². The first-order chi connectivity index (χ1) is 16.4. The lowest BCUT2D eigenvalue weighted by molar-refractivity contribution is -0.245. The van der Waals surface area contributed by atoms with Gasteiger partial charge in [0.2, 0.25) is 0 Å². The Hall–Kier alpha value is -2.43. The molecule has 0 spiro atoms. The van der Waals surface area contributed by atoms with Crippen molar-refractivity contribution in [2.45, 2.75) is 51.5 Å². The number of carbonyl (C=O) groups is 2. The summed E-state index contributed by atoms with van der Waals surface area (Å²) in [6, 6.07) is 14.8. The lowest BCUT2D eigenvalue weighted by Crippen LogP contribution is -2.31. The van der Waals surface area contributed by atoms with Gasteiger partial charge in [-0.25, -0.2) is 0 Å². The van der Waals surface area contributed by atoms with E-state index in [1.165, 1.54) is 13.8 Å². The van der Waals surface area contributed by atoms with Gasteiger partial charge in [0, 0.05) is 36.1 Å². The Morgan fingerprint density at radius 1 is 1.15 bits per heavy atom. The van der Waals surface area contributed by atoms with E-state index in [0.717, 1.165) is 16.7 Å². The molecule has 184 valence electrons. The number of thioether (sulfide) groups is 1. The van der Waals surface area contributed by atoms with Crippen molar-refractivity contribution < 1.29 is 34.0 Å². The molecule has 3 N–H and O–H groups in total. The second-order valence-corrected chi connectivity index (χ2v) is 9.16. The Bertz CT molecular complexity index is 953. The predicted molar refractivity (Wildman–Crippen MR) is 129 cm³/mol. The highest BCUT2D eigenvalue weighted by Crippen LogP contribution is 2.39. The van der Waals surface area contributed by atoms with Crippen LogP contribution in [0, 0.1) is 0 Å². The largest absolute Gasteiger partial charge is 0.453 e. The molecule has 0 aliphatic carbocycles. The molecular weight excluding hydrogens is 458 g/mol. The highest BCUT2D eigenvalue weighted by atomic mass is 32.2. The summed E-state index contributed by atoms with van der Waals surface area (Å²) in [6.45, 7) is 2.85. The van der Waals surface area contributed by atoms with Gasteiger partial charge < -0.3 is 29.7 Å². The van der Waals surface area contributed by atoms with Crippen molar-refractivity contribution in [3.63, 3.8) is 0 Å². The third-order valence-corrected chi connectivity index (χ3v) is 6.37. The molecule has 2 aromatic rings. The number of hydrogen-bond donors (Lipinski definition) is 3. The molecule has 1 aliphatic rings. The van der Waals surface area contributed by atoms with E-state index in [-0.39, 0.29) is 25.4 Å². The Balaban J connectivity index is 1.76. The number of ether oxygens (including phenoxy) is 3. The molecule has 4 atom stereocenters. The van der Waals surface area contributed by atoms with Crippen LogP contribution in [0.2, 0.25) is 0 Å². The normalized spacial score (nSPS) is 21.0. The van der Waals surface area contributed by atoms with Crippen LogP contribution in [0.15, 0.2) is 48.5 Å². The summed E-state index contributed by atoms with van der Waals surface area (Å²) in [6.07, 6.45) is -1.22. The van der Waals surface area contributed by atoms with Gasteiger partial charge in [0.1, 0.15) is 0 Å². The smallest absolute Gasteiger partial charge is 0.303 e. The van der Waals surface area contributed by atoms with Crippen LogP contribution >= 0.6 is 11.8 Å². The first-order valence-electron chi connectivity index (χ1n) is 11.2. The van der Waals surface area contributed by atoms with Crippen molar-refractivity contribution in [3.8, 4) is 0 Å². The van der Waals surface area contributed by atoms with Gasteiger partial charge in [0.05, 0.1) is 25.4 Å². The van der Waals surface area contributed by atoms with Gasteiger partial charge in [0.25, 0.3) is 5.91 Å². The summed E-state index contributed by atoms with van der Waals surface area (Å²) < 4.78 is 17.5. The molecule has 0 radical (unpaired) electrons. The quantitative estimate of drug-likeness (QED) is 0.344. The van der Waals surface area contributed by atoms with Gasteiger partial charge >= 0.3 is 5.97 Å². The molecule has 34 heavy (non-hydrogen) atoms. The number of benzene rings is 2. The van der Waals surface area contributed by atoms with Crippen molar-refractivity contribution in [3.05, 3.63) is 65.2 Å². The van der Waals surface area contributed by atoms with E-state index in [0.29, 0.717) is 23.6 Å². The molecule has 0 bridgehead atoms. The van der Waals surface area contributed by atoms with E-state index < -0.39 is 24.3 Å². The predicted octanol–water partition coefficient (Wildman–Crippen LogP) is 3.34. The molecular formula is C25H31NO7S. The highest BCUT2D eigenvalue weighted by Gasteiger charge is 2.32. The molecule has 0 unspecified atom stereocenters. The zero-order valence-corrected chi connectivity index (χ0v) is 20.1. The lowest BCUT2D eigenvalue weighted by atomic mass is 10.0. The summed E-state index contributed by atoms with van der Waals surface area (Å²) in [5.41, 5.74) is 3.09. The number of rotatable bonds is 10. The molecule has 1 saturated heterocycles. The average molecular weight is 490 g/mol. The minimum Gasteiger partial charge on any atom is -0.453 e. The van der Waals surface area contributed by atoms with E-state index in [1.54, 1.807) is 30.0 Å². The van der Waals surface area contributed by atoms with Crippen molar-refractivity contribution in [1.82, 2.24) is 0 Å². The van der Waals surface area contributed by atoms with E-state index in [2.05, 4.69) is 5.32 Å². The second-order valence-electron chi connectivity index (χ2n) is 8.02. The standard InChI is InChI=1S/C25H31NO7S/c1-16(31-17(2)29)24(30)26-21-5-3-4-20(12-21)25-32-22(15-34-11-10-27)13-23(33-25)19-8-6-18(14-28)7-9-19/h3-9,12,16,22-23,25,27-28H,10-11,13-15H2,1-2H3,(H,26,30)/t16-,22+,23-,25-/m0/s1. The van der Waals surface area contributed by atoms with Crippen LogP contribution in [0.3, 0.4) is 0 Å². The number of aliphatic hydroxyl groups excluding tert-OH is 2. The van der Waals surface area contributed by atoms with Gasteiger partial charge in [-0.05, 0) is 30.2 Å². The van der Waals surface area contributed by atoms with Crippen LogP contribution in [-0.4, -0.2) is 52.4 Å². The summed E-state index contributed by atoms with van der Waals surface area (Å²) >= 11 is 1.62. The van der Waals surface area contributed by atoms with Crippen LogP contribution in [-0.2, 0) is 30.4 Å². The summed E-state index contributed by atoms with van der Waals surface area (Å²) in [5, 5.41) is 21.2. The minimum atomic E-state index is -0.914. The third kappa shape index (κ3) is 7.54. The van der Waals surface area contributed by atoms with Crippen LogP contribution in [0.1, 0.15) is 49.4 Å². The zero-order valence-electron chi connectivity index (χ0n) is 19.3. The van der Waals surface area contributed by atoms with Crippen LogP contribution < -0.4 is 5.32 Å². The molecule has 0 saturated carbocycles. The number of aliphatic hydroxyl groups is 2. The molecule has 8 nitrogen and oxygen atoms in total. The fourth-order valence-corrected chi connectivity index (χ4v) is 4.38. The molecule has 1 fully saturated rings. The first kappa shape index (κ1) is 26.2. The third-order valence-electron chi connectivity index (χ3n) is 5.29. The van der Waals surface area contributed by atoms with Crippen molar-refractivity contribution in [2.75, 3.05) is 23.4 Å². The van der Waals surface area contributed by atoms with Crippen LogP contribution in [0.25, 0.3) is 0 Å². The SMILES string of the molecule is CC(=O)O[C@@H](C)C(=O)Nc1cccc([C@H]2O[C@@H](CSCCO)C[C@@H](c3ccc(CO)cc3)O2)c1. The van der Waals surface area contributed by atoms with Gasteiger partial charge in [0.15, 0.2) is 12.4 Å². The number of anilines is 1. The second kappa shape index (κ2) is 12.9. The summed E-state index contributed by atoms with van der Waals surface area (Å²) in [7, 11) is 0. The summed E-state index contributed by atoms with van der Waals surface area (Å²) in [5.74, 6) is 0.382. The van der Waals surface area contributed by atoms with Crippen LogP contribution in [0.4, 0.5) is 5.69 Å². The molecule has 2 aromatic carbocycles. The first-order valence-corrected chi connectivity index (χ1v) is 12.3. The Labute approximate surface area is 203 Å². The van der Waals surface area contributed by atoms with E-state index in [1.807, 2.05) is 30.3 Å². The lowest BCUT2D eigenvalue weighted by Gasteiger charge is -2.36. The molecule has 3 rings (SSSR count). The number of nitrogens with one attached hydrogen (secondary N) is 1. The number of esters is 1. The van der Waals surface area contributed by atoms with Gasteiger partial charge in [-0.3, -0.25) is 9.59 Å². The Kier molecular flexibility index (Phi) is 9.91. The maximum absolute atomic E-state index is 12.3. The number of carbonyl (C=O) groups excluding carboxylic acids is 2. The molecule has 1 amide bonds. The van der Waals surface area contributed by atoms with E-state index >= 15 is 0 Å². The van der Waals surface area contributed by atoms with Crippen molar-refractivity contribution in [1.29, 1.82) is 0 Å². The maximum Gasteiger partial charge on any atom is 0.303 e. The van der Waals surface area contributed by atoms with Crippen molar-refractivity contribution in [2.24, 2.45) is 0 Å². The van der Waals surface area contributed by atoms with Gasteiger partial charge in [-0.15, -0.1) is 0 Å². The highest BCUT2D eigenvalue weighted by molar-refractivity contribution is 7.99. The number of amides is 1. The molecule has 9 heteroatoms. The summed E-state index contributed by atoms with van der Waals surface area (Å²) in [4.78, 5) is 23.4. The topological polar surface area (TPSA) is 114 Å². The maximum atomic E-state index is 12.3. The van der Waals surface area contributed by atoms with E-state index in [9.17, 15) is 14.7 Å². The zero-order chi connectivity index (χ0) is 24.5. The Morgan fingerprint density at radius 3 is 2.59 bits per heavy atom. The van der Waals surface area contributed by atoms with Gasteiger partial charge in [-0.1, -0.05) is 36.4 Å². The number of hydrogen-bond acceptors (Lipinski definition) is 8. The Morgan fingerprint density at radius 2 is 1.91 bits per heavy atom. The monoisotopic (exact) mass is 489 g/mol. The molecule has 0 aromatic heterocycles. The molecule has 1 heterocycles. The fourth-order valence-electron chi connectivity index (χ4n) is 3.61. The molecule has 1 aliphatic heterocycles. The van der Waals surface area contributed by atoms with Gasteiger partial charge in [-0.2, -0.15) is 11.8 Å². The average Bonchev–Trinajstić information content (AvgIpc) is 2.84. The van der Waals surface area contributed by atoms with Crippen LogP contribution in [0.5, 0.6) is 0 Å². The van der Waals surface area contributed by atoms with E-state index in [4.69, 9.17) is 19.3 Å². The fraction of sp³-hybridized carbons (Fsp3) is 0.440. The minimum absolute atomic E-state index is 0.0213.